The molecule has 0 saturated carbocycles. The number of hydrogen-bond donors (Lipinski definition) is 1. The minimum atomic E-state index is -0.102. The van der Waals surface area contributed by atoms with Crippen molar-refractivity contribution in [1.82, 2.24) is 14.9 Å². The van der Waals surface area contributed by atoms with Crippen LogP contribution in [0.2, 0.25) is 0 Å². The minimum absolute atomic E-state index is 0.102. The molecule has 0 aliphatic heterocycles. The highest BCUT2D eigenvalue weighted by Crippen LogP contribution is 2.16. The Bertz CT molecular complexity index is 782. The lowest BCUT2D eigenvalue weighted by Crippen LogP contribution is -2.22. The molecule has 1 aromatic heterocycles. The number of amides is 1. The molecule has 0 aliphatic rings. The summed E-state index contributed by atoms with van der Waals surface area (Å²) in [4.78, 5) is 12.8. The Balaban J connectivity index is 1.72. The SMILES string of the molecule is CCc1nnsc1C(=O)NCc1ccc2ccccc2c1. The van der Waals surface area contributed by atoms with Gasteiger partial charge in [-0.25, -0.2) is 0 Å². The summed E-state index contributed by atoms with van der Waals surface area (Å²) in [5, 5.41) is 9.27. The predicted molar refractivity (Wildman–Crippen MR) is 84.4 cm³/mol. The number of aromatic nitrogens is 2. The van der Waals surface area contributed by atoms with Gasteiger partial charge in [-0.15, -0.1) is 5.10 Å². The third-order valence-electron chi connectivity index (χ3n) is 3.36. The van der Waals surface area contributed by atoms with E-state index in [1.165, 1.54) is 10.8 Å². The molecule has 0 bridgehead atoms. The van der Waals surface area contributed by atoms with E-state index in [1.807, 2.05) is 25.1 Å². The monoisotopic (exact) mass is 297 g/mol. The first-order valence-electron chi connectivity index (χ1n) is 6.85. The van der Waals surface area contributed by atoms with Crippen LogP contribution in [0.15, 0.2) is 42.5 Å². The third kappa shape index (κ3) is 2.92. The Hall–Kier alpha value is -2.27. The fourth-order valence-electron chi connectivity index (χ4n) is 2.22. The van der Waals surface area contributed by atoms with E-state index >= 15 is 0 Å². The second kappa shape index (κ2) is 6.01. The Morgan fingerprint density at radius 2 is 2.00 bits per heavy atom. The highest BCUT2D eigenvalue weighted by atomic mass is 32.1. The molecule has 0 spiro atoms. The molecule has 106 valence electrons. The van der Waals surface area contributed by atoms with Gasteiger partial charge >= 0.3 is 0 Å². The minimum Gasteiger partial charge on any atom is -0.347 e. The van der Waals surface area contributed by atoms with Crippen molar-refractivity contribution in [2.45, 2.75) is 19.9 Å². The largest absolute Gasteiger partial charge is 0.347 e. The van der Waals surface area contributed by atoms with Crippen molar-refractivity contribution in [2.24, 2.45) is 0 Å². The number of nitrogens with one attached hydrogen (secondary N) is 1. The molecule has 3 rings (SSSR count). The summed E-state index contributed by atoms with van der Waals surface area (Å²) in [6.45, 7) is 2.47. The van der Waals surface area contributed by atoms with Crippen LogP contribution in [0.3, 0.4) is 0 Å². The Morgan fingerprint density at radius 3 is 2.81 bits per heavy atom. The van der Waals surface area contributed by atoms with Gasteiger partial charge in [-0.1, -0.05) is 47.8 Å². The van der Waals surface area contributed by atoms with Crippen molar-refractivity contribution in [3.8, 4) is 0 Å². The molecule has 4 nitrogen and oxygen atoms in total. The highest BCUT2D eigenvalue weighted by Gasteiger charge is 2.14. The topological polar surface area (TPSA) is 54.9 Å². The molecule has 1 amide bonds. The van der Waals surface area contributed by atoms with Crippen LogP contribution in [0.5, 0.6) is 0 Å². The number of carbonyl (C=O) groups excluding carboxylic acids is 1. The molecule has 21 heavy (non-hydrogen) atoms. The second-order valence-corrected chi connectivity index (χ2v) is 5.52. The molecular formula is C16H15N3OS. The number of benzene rings is 2. The average molecular weight is 297 g/mol. The summed E-state index contributed by atoms with van der Waals surface area (Å²) in [6.07, 6.45) is 0.717. The van der Waals surface area contributed by atoms with Crippen molar-refractivity contribution >= 4 is 28.2 Å². The van der Waals surface area contributed by atoms with Crippen molar-refractivity contribution in [3.63, 3.8) is 0 Å². The van der Waals surface area contributed by atoms with Crippen LogP contribution in [-0.4, -0.2) is 15.5 Å². The van der Waals surface area contributed by atoms with Gasteiger partial charge in [-0.05, 0) is 40.4 Å². The maximum absolute atomic E-state index is 12.1. The maximum atomic E-state index is 12.1. The molecule has 0 fully saturated rings. The molecule has 0 aliphatic carbocycles. The Labute approximate surface area is 127 Å². The van der Waals surface area contributed by atoms with Crippen LogP contribution in [0.25, 0.3) is 10.8 Å². The zero-order chi connectivity index (χ0) is 14.7. The van der Waals surface area contributed by atoms with Gasteiger partial charge in [0.2, 0.25) is 0 Å². The molecule has 3 aromatic rings. The molecule has 5 heteroatoms. The van der Waals surface area contributed by atoms with E-state index in [2.05, 4.69) is 39.2 Å². The van der Waals surface area contributed by atoms with E-state index in [-0.39, 0.29) is 5.91 Å². The number of rotatable bonds is 4. The third-order valence-corrected chi connectivity index (χ3v) is 4.13. The van der Waals surface area contributed by atoms with Crippen molar-refractivity contribution in [2.75, 3.05) is 0 Å². The molecule has 0 unspecified atom stereocenters. The number of carbonyl (C=O) groups is 1. The summed E-state index contributed by atoms with van der Waals surface area (Å²) < 4.78 is 3.84. The lowest BCUT2D eigenvalue weighted by Gasteiger charge is -2.06. The highest BCUT2D eigenvalue weighted by molar-refractivity contribution is 7.08. The molecule has 0 atom stereocenters. The van der Waals surface area contributed by atoms with Crippen LogP contribution >= 0.6 is 11.5 Å². The number of hydrogen-bond acceptors (Lipinski definition) is 4. The Kier molecular flexibility index (Phi) is 3.92. The van der Waals surface area contributed by atoms with E-state index in [0.29, 0.717) is 11.4 Å². The van der Waals surface area contributed by atoms with E-state index in [9.17, 15) is 4.79 Å². The van der Waals surface area contributed by atoms with E-state index in [1.54, 1.807) is 0 Å². The smallest absolute Gasteiger partial charge is 0.265 e. The number of nitrogens with zero attached hydrogens (tertiary/aromatic N) is 2. The van der Waals surface area contributed by atoms with E-state index in [0.717, 1.165) is 29.2 Å². The van der Waals surface area contributed by atoms with Crippen LogP contribution in [-0.2, 0) is 13.0 Å². The van der Waals surface area contributed by atoms with Gasteiger partial charge in [0.25, 0.3) is 5.91 Å². The van der Waals surface area contributed by atoms with Crippen LogP contribution in [0, 0.1) is 0 Å². The summed E-state index contributed by atoms with van der Waals surface area (Å²) in [7, 11) is 0. The molecule has 2 aromatic carbocycles. The lowest BCUT2D eigenvalue weighted by atomic mass is 10.1. The number of aryl methyl sites for hydroxylation is 1. The number of fused-ring (bicyclic) bond motifs is 1. The fourth-order valence-corrected chi connectivity index (χ4v) is 2.89. The first-order chi connectivity index (χ1) is 10.3. The zero-order valence-corrected chi connectivity index (χ0v) is 12.5. The zero-order valence-electron chi connectivity index (χ0n) is 11.7. The van der Waals surface area contributed by atoms with Crippen LogP contribution in [0.4, 0.5) is 0 Å². The van der Waals surface area contributed by atoms with Crippen molar-refractivity contribution in [1.29, 1.82) is 0 Å². The Morgan fingerprint density at radius 1 is 1.19 bits per heavy atom. The molecule has 1 N–H and O–H groups in total. The molecular weight excluding hydrogens is 282 g/mol. The van der Waals surface area contributed by atoms with Gasteiger partial charge in [0.15, 0.2) is 0 Å². The van der Waals surface area contributed by atoms with Gasteiger partial charge in [-0.3, -0.25) is 4.79 Å². The lowest BCUT2D eigenvalue weighted by molar-refractivity contribution is 0.0954. The van der Waals surface area contributed by atoms with Gasteiger partial charge in [-0.2, -0.15) is 0 Å². The van der Waals surface area contributed by atoms with E-state index in [4.69, 9.17) is 0 Å². The first kappa shape index (κ1) is 13.7. The van der Waals surface area contributed by atoms with Gasteiger partial charge in [0, 0.05) is 6.54 Å². The predicted octanol–water partition coefficient (Wildman–Crippen LogP) is 3.18. The van der Waals surface area contributed by atoms with Gasteiger partial charge in [0.1, 0.15) is 4.88 Å². The average Bonchev–Trinajstić information content (AvgIpc) is 3.01. The standard InChI is InChI=1S/C16H15N3OS/c1-2-14-15(21-19-18-14)16(20)17-10-11-7-8-12-5-3-4-6-13(12)9-11/h3-9H,2,10H2,1H3,(H,17,20). The molecule has 0 saturated heterocycles. The van der Waals surface area contributed by atoms with Crippen molar-refractivity contribution < 1.29 is 4.79 Å². The summed E-state index contributed by atoms with van der Waals surface area (Å²) >= 11 is 1.15. The first-order valence-corrected chi connectivity index (χ1v) is 7.62. The summed E-state index contributed by atoms with van der Waals surface area (Å²) in [5.41, 5.74) is 1.84. The molecule has 1 heterocycles. The van der Waals surface area contributed by atoms with Crippen LogP contribution < -0.4 is 5.32 Å². The van der Waals surface area contributed by atoms with Crippen LogP contribution in [0.1, 0.15) is 27.9 Å². The van der Waals surface area contributed by atoms with Gasteiger partial charge in [0.05, 0.1) is 5.69 Å². The fraction of sp³-hybridized carbons (Fsp3) is 0.188. The molecule has 0 radical (unpaired) electrons. The second-order valence-electron chi connectivity index (χ2n) is 4.77. The maximum Gasteiger partial charge on any atom is 0.265 e. The normalized spacial score (nSPS) is 10.7. The summed E-state index contributed by atoms with van der Waals surface area (Å²) in [5.74, 6) is -0.102. The summed E-state index contributed by atoms with van der Waals surface area (Å²) in [6, 6.07) is 14.4. The van der Waals surface area contributed by atoms with E-state index < -0.39 is 0 Å². The quantitative estimate of drug-likeness (QED) is 0.804. The van der Waals surface area contributed by atoms with Crippen molar-refractivity contribution in [3.05, 3.63) is 58.6 Å². The van der Waals surface area contributed by atoms with Gasteiger partial charge < -0.3 is 5.32 Å².